The van der Waals surface area contributed by atoms with Gasteiger partial charge in [0.05, 0.1) is 19.2 Å². The molecule has 2 aromatic rings. The lowest BCUT2D eigenvalue weighted by Crippen LogP contribution is -2.36. The van der Waals surface area contributed by atoms with E-state index in [1.807, 2.05) is 6.92 Å². The van der Waals surface area contributed by atoms with Crippen molar-refractivity contribution >= 4 is 40.9 Å². The number of hydrogen-bond donors (Lipinski definition) is 1. The van der Waals surface area contributed by atoms with E-state index in [1.54, 1.807) is 37.2 Å². The Morgan fingerprint density at radius 3 is 2.36 bits per heavy atom. The summed E-state index contributed by atoms with van der Waals surface area (Å²) in [6.45, 7) is 4.65. The first kappa shape index (κ1) is 28.9. The zero-order valence-electron chi connectivity index (χ0n) is 21.6. The largest absolute Gasteiger partial charge is 0.500 e. The summed E-state index contributed by atoms with van der Waals surface area (Å²) in [7, 11) is 7.85. The van der Waals surface area contributed by atoms with Crippen LogP contribution in [0.3, 0.4) is 0 Å². The predicted octanol–water partition coefficient (Wildman–Crippen LogP) is 2.95. The van der Waals surface area contributed by atoms with Crippen LogP contribution in [0.1, 0.15) is 34.3 Å². The van der Waals surface area contributed by atoms with Crippen LogP contribution >= 0.6 is 11.5 Å². The molecule has 1 heterocycles. The summed E-state index contributed by atoms with van der Waals surface area (Å²) < 4.78 is 22.8. The first-order valence-corrected chi connectivity index (χ1v) is 12.3. The molecule has 0 saturated carbocycles. The number of aromatic nitrogens is 1. The van der Waals surface area contributed by atoms with Gasteiger partial charge in [-0.3, -0.25) is 19.3 Å². The first-order chi connectivity index (χ1) is 17.1. The number of ether oxygens (including phenoxy) is 1. The van der Waals surface area contributed by atoms with Gasteiger partial charge in [-0.2, -0.15) is 4.37 Å². The molecular formula is C25H34FN5O4S. The van der Waals surface area contributed by atoms with Gasteiger partial charge >= 0.3 is 0 Å². The standard InChI is InChI=1S/C25H34FN5O4S/c1-7-31(16-17-8-10-18(26)11-9-17)13-12-30(5)21(32)15-19(35-6)14-20-22(27-2)24(36-28-20)23(33)25(34)29(3)4/h8-11,14,27H,7,12-13,15-16H2,1-6H3/b19-14+. The lowest BCUT2D eigenvalue weighted by atomic mass is 10.2. The molecular weight excluding hydrogens is 485 g/mol. The van der Waals surface area contributed by atoms with Gasteiger partial charge in [0.15, 0.2) is 0 Å². The monoisotopic (exact) mass is 519 g/mol. The molecule has 11 heteroatoms. The van der Waals surface area contributed by atoms with E-state index >= 15 is 0 Å². The summed E-state index contributed by atoms with van der Waals surface area (Å²) in [5.41, 5.74) is 1.83. The summed E-state index contributed by atoms with van der Waals surface area (Å²) in [4.78, 5) is 42.6. The average Bonchev–Trinajstić information content (AvgIpc) is 3.28. The predicted molar refractivity (Wildman–Crippen MR) is 139 cm³/mol. The quantitative estimate of drug-likeness (QED) is 0.247. The molecule has 1 aromatic heterocycles. The van der Waals surface area contributed by atoms with Gasteiger partial charge < -0.3 is 19.9 Å². The number of anilines is 1. The molecule has 0 unspecified atom stereocenters. The summed E-state index contributed by atoms with van der Waals surface area (Å²) in [5.74, 6) is -1.32. The maximum absolute atomic E-state index is 13.1. The van der Waals surface area contributed by atoms with Crippen molar-refractivity contribution in [1.29, 1.82) is 0 Å². The van der Waals surface area contributed by atoms with Crippen LogP contribution in [0.4, 0.5) is 10.1 Å². The van der Waals surface area contributed by atoms with E-state index in [4.69, 9.17) is 4.74 Å². The molecule has 196 valence electrons. The highest BCUT2D eigenvalue weighted by Gasteiger charge is 2.26. The molecule has 0 radical (unpaired) electrons. The third kappa shape index (κ3) is 7.85. The van der Waals surface area contributed by atoms with E-state index in [0.717, 1.165) is 23.6 Å². The second-order valence-corrected chi connectivity index (χ2v) is 9.13. The Balaban J connectivity index is 2.03. The molecule has 0 saturated heterocycles. The minimum absolute atomic E-state index is 0.0116. The van der Waals surface area contributed by atoms with Crippen molar-refractivity contribution in [3.8, 4) is 0 Å². The molecule has 0 spiro atoms. The highest BCUT2D eigenvalue weighted by atomic mass is 32.1. The van der Waals surface area contributed by atoms with E-state index in [9.17, 15) is 18.8 Å². The van der Waals surface area contributed by atoms with Gasteiger partial charge in [0.2, 0.25) is 5.91 Å². The maximum Gasteiger partial charge on any atom is 0.295 e. The van der Waals surface area contributed by atoms with Crippen molar-refractivity contribution in [3.05, 3.63) is 52.0 Å². The van der Waals surface area contributed by atoms with Gasteiger partial charge in [0, 0.05) is 53.9 Å². The Bertz CT molecular complexity index is 1080. The lowest BCUT2D eigenvalue weighted by molar-refractivity contribution is -0.130. The van der Waals surface area contributed by atoms with Crippen molar-refractivity contribution in [2.24, 2.45) is 0 Å². The molecule has 0 atom stereocenters. The Hall–Kier alpha value is -3.31. The summed E-state index contributed by atoms with van der Waals surface area (Å²) in [6, 6.07) is 6.40. The smallest absolute Gasteiger partial charge is 0.295 e. The second kappa shape index (κ2) is 13.7. The number of nitrogens with zero attached hydrogens (tertiary/aromatic N) is 4. The number of carbonyl (C=O) groups is 3. The molecule has 36 heavy (non-hydrogen) atoms. The van der Waals surface area contributed by atoms with E-state index in [0.29, 0.717) is 36.8 Å². The van der Waals surface area contributed by atoms with E-state index in [2.05, 4.69) is 14.6 Å². The second-order valence-electron chi connectivity index (χ2n) is 8.35. The van der Waals surface area contributed by atoms with Crippen molar-refractivity contribution in [2.75, 3.05) is 60.3 Å². The average molecular weight is 520 g/mol. The zero-order valence-corrected chi connectivity index (χ0v) is 22.4. The normalized spacial score (nSPS) is 11.4. The van der Waals surface area contributed by atoms with Gasteiger partial charge in [-0.1, -0.05) is 19.1 Å². The van der Waals surface area contributed by atoms with Crippen LogP contribution in [0.25, 0.3) is 6.08 Å². The van der Waals surface area contributed by atoms with E-state index in [-0.39, 0.29) is 23.0 Å². The molecule has 0 aliphatic rings. The van der Waals surface area contributed by atoms with Crippen LogP contribution in [0.15, 0.2) is 30.0 Å². The topological polar surface area (TPSA) is 95.1 Å². The third-order valence-corrected chi connectivity index (χ3v) is 6.46. The zero-order chi connectivity index (χ0) is 26.8. The van der Waals surface area contributed by atoms with Crippen molar-refractivity contribution in [1.82, 2.24) is 19.1 Å². The maximum atomic E-state index is 13.1. The van der Waals surface area contributed by atoms with E-state index < -0.39 is 11.7 Å². The van der Waals surface area contributed by atoms with Crippen LogP contribution in [-0.2, 0) is 20.9 Å². The molecule has 0 bridgehead atoms. The van der Waals surface area contributed by atoms with Crippen LogP contribution < -0.4 is 5.32 Å². The number of hydrogen-bond acceptors (Lipinski definition) is 8. The number of Topliss-reactive ketones (excluding diaryl/α,β-unsaturated/α-hetero) is 1. The van der Waals surface area contributed by atoms with Gasteiger partial charge in [-0.15, -0.1) is 0 Å². The number of amides is 2. The van der Waals surface area contributed by atoms with Crippen molar-refractivity contribution < 1.29 is 23.5 Å². The molecule has 1 N–H and O–H groups in total. The number of methoxy groups -OCH3 is 1. The van der Waals surface area contributed by atoms with Gasteiger partial charge in [0.1, 0.15) is 22.1 Å². The highest BCUT2D eigenvalue weighted by molar-refractivity contribution is 7.10. The summed E-state index contributed by atoms with van der Waals surface area (Å²) in [5, 5.41) is 2.92. The minimum atomic E-state index is -0.655. The Morgan fingerprint density at radius 1 is 1.14 bits per heavy atom. The number of likely N-dealkylation sites (N-methyl/N-ethyl adjacent to an activating group) is 3. The third-order valence-electron chi connectivity index (χ3n) is 5.60. The number of benzene rings is 1. The SMILES string of the molecule is CCN(CCN(C)C(=O)C/C(=C\c1nsc(C(=O)C(=O)N(C)C)c1NC)OC)Cc1ccc(F)cc1. The Kier molecular flexibility index (Phi) is 11.0. The summed E-state index contributed by atoms with van der Waals surface area (Å²) >= 11 is 0.916. The lowest BCUT2D eigenvalue weighted by Gasteiger charge is -2.24. The molecule has 9 nitrogen and oxygen atoms in total. The van der Waals surface area contributed by atoms with Gasteiger partial charge in [-0.25, -0.2) is 4.39 Å². The number of halogens is 1. The van der Waals surface area contributed by atoms with E-state index in [1.165, 1.54) is 38.2 Å². The van der Waals surface area contributed by atoms with Gasteiger partial charge in [0.25, 0.3) is 11.7 Å². The van der Waals surface area contributed by atoms with Crippen molar-refractivity contribution in [3.63, 3.8) is 0 Å². The van der Waals surface area contributed by atoms with Crippen LogP contribution in [0.5, 0.6) is 0 Å². The molecule has 0 fully saturated rings. The fraction of sp³-hybridized carbons (Fsp3) is 0.440. The number of nitrogens with one attached hydrogen (secondary N) is 1. The molecule has 0 aliphatic carbocycles. The summed E-state index contributed by atoms with van der Waals surface area (Å²) in [6.07, 6.45) is 1.61. The number of ketones is 1. The molecule has 2 amide bonds. The number of rotatable bonds is 13. The Morgan fingerprint density at radius 2 is 1.81 bits per heavy atom. The van der Waals surface area contributed by atoms with Crippen LogP contribution in [-0.4, -0.2) is 91.6 Å². The van der Waals surface area contributed by atoms with Gasteiger partial charge in [-0.05, 0) is 35.8 Å². The minimum Gasteiger partial charge on any atom is -0.500 e. The number of carbonyl (C=O) groups excluding carboxylic acids is 3. The fourth-order valence-electron chi connectivity index (χ4n) is 3.33. The molecule has 1 aromatic carbocycles. The highest BCUT2D eigenvalue weighted by Crippen LogP contribution is 2.28. The molecule has 2 rings (SSSR count). The van der Waals surface area contributed by atoms with Crippen LogP contribution in [0, 0.1) is 5.82 Å². The van der Waals surface area contributed by atoms with Crippen LogP contribution in [0.2, 0.25) is 0 Å². The molecule has 0 aliphatic heterocycles. The fourth-order valence-corrected chi connectivity index (χ4v) is 4.13. The Labute approximate surface area is 215 Å². The first-order valence-electron chi connectivity index (χ1n) is 11.5. The van der Waals surface area contributed by atoms with Crippen molar-refractivity contribution in [2.45, 2.75) is 19.9 Å².